The van der Waals surface area contributed by atoms with Crippen LogP contribution in [-0.2, 0) is 9.47 Å². The molecule has 5 nitrogen and oxygen atoms in total. The van der Waals surface area contributed by atoms with E-state index >= 15 is 0 Å². The molecule has 17 heavy (non-hydrogen) atoms. The molecular formula is C12H17NO4. The fraction of sp³-hybridized carbons (Fsp3) is 0.417. The van der Waals surface area contributed by atoms with Crippen LogP contribution in [0.3, 0.4) is 0 Å². The zero-order valence-electron chi connectivity index (χ0n) is 9.97. The highest BCUT2D eigenvalue weighted by Crippen LogP contribution is 2.09. The van der Waals surface area contributed by atoms with Gasteiger partial charge in [0.2, 0.25) is 0 Å². The number of phenolic OH excluding ortho intramolecular Hbond substituents is 1. The minimum atomic E-state index is -0.218. The number of phenols is 1. The third kappa shape index (κ3) is 4.42. The van der Waals surface area contributed by atoms with Gasteiger partial charge in [-0.3, -0.25) is 4.79 Å². The smallest absolute Gasteiger partial charge is 0.251 e. The van der Waals surface area contributed by atoms with Gasteiger partial charge >= 0.3 is 0 Å². The highest BCUT2D eigenvalue weighted by Gasteiger charge is 2.13. The lowest BCUT2D eigenvalue weighted by atomic mass is 10.2. The SMILES string of the molecule is COCC(COC)NC(=O)c1ccc(O)cc1. The number of methoxy groups -OCH3 is 2. The summed E-state index contributed by atoms with van der Waals surface area (Å²) in [5.41, 5.74) is 0.486. The molecule has 0 fully saturated rings. The minimum absolute atomic E-state index is 0.131. The summed E-state index contributed by atoms with van der Waals surface area (Å²) in [5, 5.41) is 11.9. The summed E-state index contributed by atoms with van der Waals surface area (Å²) >= 11 is 0. The first kappa shape index (κ1) is 13.5. The maximum absolute atomic E-state index is 11.8. The van der Waals surface area contributed by atoms with Crippen molar-refractivity contribution in [1.29, 1.82) is 0 Å². The standard InChI is InChI=1S/C12H17NO4/c1-16-7-10(8-17-2)13-12(15)9-3-5-11(14)6-4-9/h3-6,10,14H,7-8H2,1-2H3,(H,13,15). The number of rotatable bonds is 6. The van der Waals surface area contributed by atoms with E-state index in [4.69, 9.17) is 14.6 Å². The number of benzene rings is 1. The third-order valence-electron chi connectivity index (χ3n) is 2.20. The molecule has 1 aromatic rings. The Kier molecular flexibility index (Phi) is 5.45. The monoisotopic (exact) mass is 239 g/mol. The van der Waals surface area contributed by atoms with E-state index < -0.39 is 0 Å². The Morgan fingerprint density at radius 2 is 1.76 bits per heavy atom. The molecule has 0 bridgehead atoms. The van der Waals surface area contributed by atoms with Crippen molar-refractivity contribution in [3.05, 3.63) is 29.8 Å². The maximum Gasteiger partial charge on any atom is 0.251 e. The molecule has 0 aliphatic heterocycles. The number of ether oxygens (including phenoxy) is 2. The van der Waals surface area contributed by atoms with E-state index in [-0.39, 0.29) is 17.7 Å². The van der Waals surface area contributed by atoms with Crippen LogP contribution in [0.15, 0.2) is 24.3 Å². The van der Waals surface area contributed by atoms with Crippen LogP contribution in [0.1, 0.15) is 10.4 Å². The summed E-state index contributed by atoms with van der Waals surface area (Å²) in [5.74, 6) is -0.0871. The molecule has 0 heterocycles. The number of hydrogen-bond acceptors (Lipinski definition) is 4. The third-order valence-corrected chi connectivity index (χ3v) is 2.20. The van der Waals surface area contributed by atoms with Crippen LogP contribution in [0.2, 0.25) is 0 Å². The summed E-state index contributed by atoms with van der Waals surface area (Å²) in [6, 6.07) is 5.86. The van der Waals surface area contributed by atoms with Gasteiger partial charge in [0.15, 0.2) is 0 Å². The van der Waals surface area contributed by atoms with E-state index in [2.05, 4.69) is 5.32 Å². The molecule has 0 spiro atoms. The predicted molar refractivity (Wildman–Crippen MR) is 63.1 cm³/mol. The molecule has 1 aromatic carbocycles. The van der Waals surface area contributed by atoms with Crippen molar-refractivity contribution in [2.45, 2.75) is 6.04 Å². The molecule has 0 radical (unpaired) electrons. The lowest BCUT2D eigenvalue weighted by Crippen LogP contribution is -2.41. The Morgan fingerprint density at radius 1 is 1.24 bits per heavy atom. The molecule has 0 aliphatic carbocycles. The van der Waals surface area contributed by atoms with E-state index in [1.165, 1.54) is 12.1 Å². The number of aromatic hydroxyl groups is 1. The topological polar surface area (TPSA) is 67.8 Å². The molecule has 2 N–H and O–H groups in total. The van der Waals surface area contributed by atoms with Crippen LogP contribution >= 0.6 is 0 Å². The molecule has 5 heteroatoms. The second-order valence-electron chi connectivity index (χ2n) is 3.63. The van der Waals surface area contributed by atoms with Crippen molar-refractivity contribution in [3.8, 4) is 5.75 Å². The summed E-state index contributed by atoms with van der Waals surface area (Å²) in [6.45, 7) is 0.773. The Morgan fingerprint density at radius 3 is 2.24 bits per heavy atom. The zero-order valence-corrected chi connectivity index (χ0v) is 9.97. The van der Waals surface area contributed by atoms with Gasteiger partial charge in [-0.1, -0.05) is 0 Å². The lowest BCUT2D eigenvalue weighted by molar-refractivity contribution is 0.0779. The molecule has 0 unspecified atom stereocenters. The van der Waals surface area contributed by atoms with Crippen LogP contribution in [0.4, 0.5) is 0 Å². The second-order valence-corrected chi connectivity index (χ2v) is 3.63. The highest BCUT2D eigenvalue weighted by molar-refractivity contribution is 5.94. The summed E-state index contributed by atoms with van der Waals surface area (Å²) in [4.78, 5) is 11.8. The van der Waals surface area contributed by atoms with Gasteiger partial charge < -0.3 is 19.9 Å². The number of hydrogen-bond donors (Lipinski definition) is 2. The van der Waals surface area contributed by atoms with Gasteiger partial charge in [0.05, 0.1) is 19.3 Å². The van der Waals surface area contributed by atoms with Gasteiger partial charge in [-0.25, -0.2) is 0 Å². The molecule has 0 saturated heterocycles. The number of carbonyl (C=O) groups is 1. The van der Waals surface area contributed by atoms with Crippen molar-refractivity contribution in [2.75, 3.05) is 27.4 Å². The quantitative estimate of drug-likeness (QED) is 0.770. The number of nitrogens with one attached hydrogen (secondary N) is 1. The molecule has 1 rings (SSSR count). The van der Waals surface area contributed by atoms with Gasteiger partial charge in [0, 0.05) is 19.8 Å². The first-order valence-corrected chi connectivity index (χ1v) is 5.25. The fourth-order valence-electron chi connectivity index (χ4n) is 1.42. The first-order chi connectivity index (χ1) is 8.17. The Balaban J connectivity index is 2.60. The van der Waals surface area contributed by atoms with Crippen molar-refractivity contribution in [1.82, 2.24) is 5.32 Å². The lowest BCUT2D eigenvalue weighted by Gasteiger charge is -2.16. The van der Waals surface area contributed by atoms with E-state index in [9.17, 15) is 4.79 Å². The molecule has 0 saturated carbocycles. The van der Waals surface area contributed by atoms with Gasteiger partial charge in [-0.2, -0.15) is 0 Å². The molecule has 0 aromatic heterocycles. The first-order valence-electron chi connectivity index (χ1n) is 5.25. The van der Waals surface area contributed by atoms with E-state index in [0.717, 1.165) is 0 Å². The van der Waals surface area contributed by atoms with Crippen LogP contribution in [0.25, 0.3) is 0 Å². The summed E-state index contributed by atoms with van der Waals surface area (Å²) in [6.07, 6.45) is 0. The predicted octanol–water partition coefficient (Wildman–Crippen LogP) is 0.783. The van der Waals surface area contributed by atoms with Crippen LogP contribution < -0.4 is 5.32 Å². The van der Waals surface area contributed by atoms with E-state index in [1.807, 2.05) is 0 Å². The Labute approximate surface area is 100 Å². The van der Waals surface area contributed by atoms with Gasteiger partial charge in [-0.15, -0.1) is 0 Å². The van der Waals surface area contributed by atoms with Crippen molar-refractivity contribution < 1.29 is 19.4 Å². The zero-order chi connectivity index (χ0) is 12.7. The average Bonchev–Trinajstić information content (AvgIpc) is 2.30. The van der Waals surface area contributed by atoms with Crippen LogP contribution in [-0.4, -0.2) is 44.5 Å². The van der Waals surface area contributed by atoms with Crippen LogP contribution in [0, 0.1) is 0 Å². The molecule has 94 valence electrons. The largest absolute Gasteiger partial charge is 0.508 e. The normalized spacial score (nSPS) is 10.5. The number of carbonyl (C=O) groups excluding carboxylic acids is 1. The fourth-order valence-corrected chi connectivity index (χ4v) is 1.42. The molecule has 0 atom stereocenters. The van der Waals surface area contributed by atoms with Crippen LogP contribution in [0.5, 0.6) is 5.75 Å². The average molecular weight is 239 g/mol. The Hall–Kier alpha value is -1.59. The minimum Gasteiger partial charge on any atom is -0.508 e. The van der Waals surface area contributed by atoms with E-state index in [0.29, 0.717) is 18.8 Å². The maximum atomic E-state index is 11.8. The summed E-state index contributed by atoms with van der Waals surface area (Å²) < 4.78 is 9.96. The van der Waals surface area contributed by atoms with Gasteiger partial charge in [0.1, 0.15) is 5.75 Å². The summed E-state index contributed by atoms with van der Waals surface area (Å²) in [7, 11) is 3.13. The number of amides is 1. The second kappa shape index (κ2) is 6.88. The molecule has 1 amide bonds. The van der Waals surface area contributed by atoms with Crippen molar-refractivity contribution >= 4 is 5.91 Å². The van der Waals surface area contributed by atoms with Gasteiger partial charge in [-0.05, 0) is 24.3 Å². The molecular weight excluding hydrogens is 222 g/mol. The van der Waals surface area contributed by atoms with Crippen molar-refractivity contribution in [2.24, 2.45) is 0 Å². The van der Waals surface area contributed by atoms with E-state index in [1.54, 1.807) is 26.4 Å². The van der Waals surface area contributed by atoms with Gasteiger partial charge in [0.25, 0.3) is 5.91 Å². The van der Waals surface area contributed by atoms with Crippen molar-refractivity contribution in [3.63, 3.8) is 0 Å². The Bertz CT molecular complexity index is 344. The molecule has 0 aliphatic rings. The highest BCUT2D eigenvalue weighted by atomic mass is 16.5.